The summed E-state index contributed by atoms with van der Waals surface area (Å²) >= 11 is 1.67. The van der Waals surface area contributed by atoms with E-state index >= 15 is 0 Å². The molecule has 17 heavy (non-hydrogen) atoms. The van der Waals surface area contributed by atoms with Crippen LogP contribution in [-0.4, -0.2) is 21.1 Å². The minimum atomic E-state index is -0.160. The van der Waals surface area contributed by atoms with Gasteiger partial charge in [-0.2, -0.15) is 5.10 Å². The van der Waals surface area contributed by atoms with Gasteiger partial charge in [-0.3, -0.25) is 9.89 Å². The number of nitrogens with one attached hydrogen (secondary N) is 3. The molecule has 0 aliphatic heterocycles. The molecule has 0 radical (unpaired) electrons. The van der Waals surface area contributed by atoms with Gasteiger partial charge in [0.05, 0.1) is 22.1 Å². The van der Waals surface area contributed by atoms with Crippen molar-refractivity contribution in [2.45, 2.75) is 6.92 Å². The summed E-state index contributed by atoms with van der Waals surface area (Å²) in [5.74, 6) is -0.160. The van der Waals surface area contributed by atoms with Crippen molar-refractivity contribution in [2.24, 2.45) is 0 Å². The maximum absolute atomic E-state index is 11.9. The average molecular weight is 246 g/mol. The van der Waals surface area contributed by atoms with Crippen molar-refractivity contribution in [3.63, 3.8) is 0 Å². The molecule has 0 saturated heterocycles. The van der Waals surface area contributed by atoms with Crippen LogP contribution in [0.5, 0.6) is 0 Å². The third-order valence-electron chi connectivity index (χ3n) is 2.43. The molecule has 0 fully saturated rings. The largest absolute Gasteiger partial charge is 0.350 e. The predicted molar refractivity (Wildman–Crippen MR) is 67.5 cm³/mol. The number of H-pyrrole nitrogens is 2. The van der Waals surface area contributed by atoms with Gasteiger partial charge < -0.3 is 10.3 Å². The Kier molecular flexibility index (Phi) is 2.22. The molecule has 0 spiro atoms. The molecule has 0 aromatic carbocycles. The molecule has 0 unspecified atom stereocenters. The van der Waals surface area contributed by atoms with Gasteiger partial charge in [-0.15, -0.1) is 11.3 Å². The van der Waals surface area contributed by atoms with E-state index < -0.39 is 0 Å². The lowest BCUT2D eigenvalue weighted by Gasteiger charge is -1.98. The zero-order valence-corrected chi connectivity index (χ0v) is 9.89. The number of aromatic amines is 2. The topological polar surface area (TPSA) is 73.6 Å². The van der Waals surface area contributed by atoms with Crippen molar-refractivity contribution in [2.75, 3.05) is 5.32 Å². The first-order chi connectivity index (χ1) is 8.22. The van der Waals surface area contributed by atoms with Crippen molar-refractivity contribution in [1.82, 2.24) is 15.2 Å². The number of fused-ring (bicyclic) bond motifs is 1. The summed E-state index contributed by atoms with van der Waals surface area (Å²) in [6.07, 6.45) is 3.20. The summed E-state index contributed by atoms with van der Waals surface area (Å²) in [6, 6.07) is 3.90. The van der Waals surface area contributed by atoms with Gasteiger partial charge in [-0.1, -0.05) is 0 Å². The quantitative estimate of drug-likeness (QED) is 0.650. The maximum Gasteiger partial charge on any atom is 0.272 e. The molecule has 3 N–H and O–H groups in total. The van der Waals surface area contributed by atoms with Crippen molar-refractivity contribution in [1.29, 1.82) is 0 Å². The number of carbonyl (C=O) groups excluding carboxylic acids is 1. The SMILES string of the molecule is Cc1cc2[nH]c(C(=O)Nc3cn[nH]c3)cc2s1. The molecule has 86 valence electrons. The van der Waals surface area contributed by atoms with Crippen LogP contribution in [0, 0.1) is 6.92 Å². The Morgan fingerprint density at radius 2 is 2.35 bits per heavy atom. The fourth-order valence-electron chi connectivity index (χ4n) is 1.69. The van der Waals surface area contributed by atoms with Gasteiger partial charge in [-0.05, 0) is 19.1 Å². The van der Waals surface area contributed by atoms with E-state index in [9.17, 15) is 4.79 Å². The van der Waals surface area contributed by atoms with Gasteiger partial charge in [0, 0.05) is 11.1 Å². The van der Waals surface area contributed by atoms with Crippen LogP contribution in [0.1, 0.15) is 15.4 Å². The number of hydrogen-bond acceptors (Lipinski definition) is 3. The summed E-state index contributed by atoms with van der Waals surface area (Å²) in [5, 5.41) is 9.15. The fourth-order valence-corrected chi connectivity index (χ4v) is 2.61. The molecule has 0 aliphatic rings. The molecular formula is C11H10N4OS. The fraction of sp³-hybridized carbons (Fsp3) is 0.0909. The van der Waals surface area contributed by atoms with Crippen LogP contribution < -0.4 is 5.32 Å². The number of rotatable bonds is 2. The Balaban J connectivity index is 1.88. The molecule has 6 heteroatoms. The third-order valence-corrected chi connectivity index (χ3v) is 3.43. The number of amides is 1. The van der Waals surface area contributed by atoms with E-state index in [2.05, 4.69) is 20.5 Å². The maximum atomic E-state index is 11.9. The summed E-state index contributed by atoms with van der Waals surface area (Å²) in [7, 11) is 0. The second-order valence-corrected chi connectivity index (χ2v) is 5.05. The van der Waals surface area contributed by atoms with Crippen LogP contribution in [0.25, 0.3) is 10.2 Å². The molecule has 0 aliphatic carbocycles. The molecular weight excluding hydrogens is 236 g/mol. The zero-order valence-electron chi connectivity index (χ0n) is 9.07. The minimum Gasteiger partial charge on any atom is -0.350 e. The van der Waals surface area contributed by atoms with Crippen molar-refractivity contribution in [3.8, 4) is 0 Å². The van der Waals surface area contributed by atoms with Crippen molar-refractivity contribution >= 4 is 33.1 Å². The number of carbonyl (C=O) groups is 1. The average Bonchev–Trinajstić information content (AvgIpc) is 2.92. The molecule has 0 saturated carbocycles. The highest BCUT2D eigenvalue weighted by Gasteiger charge is 2.11. The van der Waals surface area contributed by atoms with E-state index in [-0.39, 0.29) is 5.91 Å². The van der Waals surface area contributed by atoms with E-state index in [1.807, 2.05) is 19.1 Å². The number of nitrogens with zero attached hydrogens (tertiary/aromatic N) is 1. The van der Waals surface area contributed by atoms with Gasteiger partial charge in [0.15, 0.2) is 0 Å². The summed E-state index contributed by atoms with van der Waals surface area (Å²) < 4.78 is 1.10. The third kappa shape index (κ3) is 1.83. The number of aryl methyl sites for hydroxylation is 1. The van der Waals surface area contributed by atoms with E-state index in [1.54, 1.807) is 23.7 Å². The molecule has 3 aromatic heterocycles. The summed E-state index contributed by atoms with van der Waals surface area (Å²) in [4.78, 5) is 16.2. The van der Waals surface area contributed by atoms with Crippen LogP contribution >= 0.6 is 11.3 Å². The van der Waals surface area contributed by atoms with E-state index in [0.29, 0.717) is 11.4 Å². The first kappa shape index (κ1) is 10.1. The number of thiophene rings is 1. The second kappa shape index (κ2) is 3.74. The van der Waals surface area contributed by atoms with Crippen LogP contribution in [0.4, 0.5) is 5.69 Å². The van der Waals surface area contributed by atoms with Gasteiger partial charge in [-0.25, -0.2) is 0 Å². The molecule has 0 bridgehead atoms. The van der Waals surface area contributed by atoms with Crippen molar-refractivity contribution in [3.05, 3.63) is 35.1 Å². The zero-order chi connectivity index (χ0) is 11.8. The lowest BCUT2D eigenvalue weighted by molar-refractivity contribution is 0.102. The molecule has 3 heterocycles. The second-order valence-electron chi connectivity index (χ2n) is 3.76. The lowest BCUT2D eigenvalue weighted by atomic mass is 10.4. The molecule has 3 aromatic rings. The number of hydrogen-bond donors (Lipinski definition) is 3. The Labute approximate surface area is 101 Å². The van der Waals surface area contributed by atoms with E-state index in [1.165, 1.54) is 4.88 Å². The molecule has 1 amide bonds. The highest BCUT2D eigenvalue weighted by atomic mass is 32.1. The van der Waals surface area contributed by atoms with Crippen LogP contribution in [0.15, 0.2) is 24.5 Å². The summed E-state index contributed by atoms with van der Waals surface area (Å²) in [5.41, 5.74) is 2.22. The van der Waals surface area contributed by atoms with Gasteiger partial charge in [0.25, 0.3) is 5.91 Å². The Bertz CT molecular complexity index is 633. The van der Waals surface area contributed by atoms with Crippen LogP contribution in [0.3, 0.4) is 0 Å². The van der Waals surface area contributed by atoms with Crippen molar-refractivity contribution < 1.29 is 4.79 Å². The van der Waals surface area contributed by atoms with E-state index in [0.717, 1.165) is 10.2 Å². The number of aromatic nitrogens is 3. The first-order valence-electron chi connectivity index (χ1n) is 5.11. The van der Waals surface area contributed by atoms with Crippen LogP contribution in [0.2, 0.25) is 0 Å². The lowest BCUT2D eigenvalue weighted by Crippen LogP contribution is -2.11. The molecule has 5 nitrogen and oxygen atoms in total. The summed E-state index contributed by atoms with van der Waals surface area (Å²) in [6.45, 7) is 2.05. The molecule has 0 atom stereocenters. The van der Waals surface area contributed by atoms with E-state index in [4.69, 9.17) is 0 Å². The molecule has 3 rings (SSSR count). The van der Waals surface area contributed by atoms with Gasteiger partial charge in [0.2, 0.25) is 0 Å². The van der Waals surface area contributed by atoms with Crippen LogP contribution in [-0.2, 0) is 0 Å². The Morgan fingerprint density at radius 1 is 1.47 bits per heavy atom. The normalized spacial score (nSPS) is 10.9. The van der Waals surface area contributed by atoms with Gasteiger partial charge in [0.1, 0.15) is 5.69 Å². The Hall–Kier alpha value is -2.08. The minimum absolute atomic E-state index is 0.160. The highest BCUT2D eigenvalue weighted by molar-refractivity contribution is 7.19. The smallest absolute Gasteiger partial charge is 0.272 e. The Morgan fingerprint density at radius 3 is 3.06 bits per heavy atom. The monoisotopic (exact) mass is 246 g/mol. The first-order valence-corrected chi connectivity index (χ1v) is 5.93. The highest BCUT2D eigenvalue weighted by Crippen LogP contribution is 2.25. The number of anilines is 1. The predicted octanol–water partition coefficient (Wildman–Crippen LogP) is 2.51. The standard InChI is InChI=1S/C11H10N4OS/c1-6-2-8-10(17-6)3-9(15-8)11(16)14-7-4-12-13-5-7/h2-5,15H,1H3,(H,12,13)(H,14,16). The van der Waals surface area contributed by atoms with Gasteiger partial charge >= 0.3 is 0 Å².